The molecule has 1 aromatic carbocycles. The summed E-state index contributed by atoms with van der Waals surface area (Å²) in [6.45, 7) is 3.98. The summed E-state index contributed by atoms with van der Waals surface area (Å²) < 4.78 is 6.04. The number of hydrogen-bond donors (Lipinski definition) is 1. The lowest BCUT2D eigenvalue weighted by Gasteiger charge is -2.29. The molecule has 1 N–H and O–H groups in total. The molecular formula is C17H21NOS. The molecule has 2 unspecified atom stereocenters. The first-order valence-corrected chi connectivity index (χ1v) is 8.22. The molecule has 1 aliphatic heterocycles. The number of hydrogen-bond acceptors (Lipinski definition) is 3. The van der Waals surface area contributed by atoms with Gasteiger partial charge in [0.25, 0.3) is 0 Å². The molecule has 106 valence electrons. The molecule has 2 nitrogen and oxygen atoms in total. The van der Waals surface area contributed by atoms with Crippen LogP contribution >= 0.6 is 11.3 Å². The Morgan fingerprint density at radius 2 is 2.20 bits per heavy atom. The summed E-state index contributed by atoms with van der Waals surface area (Å²) >= 11 is 1.82. The van der Waals surface area contributed by atoms with Crippen molar-refractivity contribution >= 4 is 11.3 Å². The maximum absolute atomic E-state index is 6.04. The van der Waals surface area contributed by atoms with Gasteiger partial charge in [-0.3, -0.25) is 0 Å². The van der Waals surface area contributed by atoms with Crippen LogP contribution in [0.5, 0.6) is 0 Å². The van der Waals surface area contributed by atoms with E-state index in [1.807, 2.05) is 11.3 Å². The first-order chi connectivity index (χ1) is 9.88. The zero-order chi connectivity index (χ0) is 13.8. The molecule has 2 heterocycles. The molecule has 3 rings (SSSR count). The van der Waals surface area contributed by atoms with Crippen molar-refractivity contribution in [1.82, 2.24) is 5.32 Å². The van der Waals surface area contributed by atoms with E-state index in [1.54, 1.807) is 0 Å². The molecule has 0 bridgehead atoms. The van der Waals surface area contributed by atoms with E-state index in [9.17, 15) is 0 Å². The molecular weight excluding hydrogens is 266 g/mol. The number of thiophene rings is 1. The molecule has 0 radical (unpaired) electrons. The van der Waals surface area contributed by atoms with Crippen LogP contribution in [0.1, 0.15) is 41.5 Å². The number of rotatable bonds is 5. The third-order valence-electron chi connectivity index (χ3n) is 3.88. The fourth-order valence-corrected chi connectivity index (χ4v) is 3.74. The number of benzene rings is 1. The van der Waals surface area contributed by atoms with Gasteiger partial charge < -0.3 is 10.1 Å². The summed E-state index contributed by atoms with van der Waals surface area (Å²) in [6.07, 6.45) is 2.26. The van der Waals surface area contributed by atoms with Gasteiger partial charge in [0.2, 0.25) is 0 Å². The van der Waals surface area contributed by atoms with Crippen LogP contribution in [0.2, 0.25) is 0 Å². The topological polar surface area (TPSA) is 21.3 Å². The second kappa shape index (κ2) is 6.53. The number of fused-ring (bicyclic) bond motifs is 1. The summed E-state index contributed by atoms with van der Waals surface area (Å²) in [5.74, 6) is 0. The zero-order valence-electron chi connectivity index (χ0n) is 11.8. The molecule has 3 heteroatoms. The molecule has 2 aromatic rings. The molecule has 0 amide bonds. The molecule has 1 aliphatic rings. The largest absolute Gasteiger partial charge is 0.373 e. The van der Waals surface area contributed by atoms with Crippen molar-refractivity contribution in [2.45, 2.75) is 31.9 Å². The maximum atomic E-state index is 6.04. The Balaban J connectivity index is 1.79. The van der Waals surface area contributed by atoms with E-state index in [4.69, 9.17) is 4.74 Å². The highest BCUT2D eigenvalue weighted by molar-refractivity contribution is 7.10. The average molecular weight is 287 g/mol. The van der Waals surface area contributed by atoms with Gasteiger partial charge in [-0.15, -0.1) is 11.3 Å². The Hall–Kier alpha value is -1.16. The molecule has 0 aliphatic carbocycles. The van der Waals surface area contributed by atoms with Gasteiger partial charge in [0.1, 0.15) is 0 Å². The van der Waals surface area contributed by atoms with Crippen molar-refractivity contribution in [3.8, 4) is 0 Å². The van der Waals surface area contributed by atoms with Crippen molar-refractivity contribution in [3.05, 3.63) is 57.8 Å². The third-order valence-corrected chi connectivity index (χ3v) is 4.87. The minimum atomic E-state index is 0.214. The zero-order valence-corrected chi connectivity index (χ0v) is 12.7. The van der Waals surface area contributed by atoms with Crippen molar-refractivity contribution in [3.63, 3.8) is 0 Å². The van der Waals surface area contributed by atoms with E-state index in [0.717, 1.165) is 26.0 Å². The van der Waals surface area contributed by atoms with Gasteiger partial charge in [-0.1, -0.05) is 37.3 Å². The molecule has 1 aromatic heterocycles. The van der Waals surface area contributed by atoms with Crippen molar-refractivity contribution in [2.75, 3.05) is 13.2 Å². The first-order valence-electron chi connectivity index (χ1n) is 7.34. The van der Waals surface area contributed by atoms with Crippen LogP contribution in [0.4, 0.5) is 0 Å². The normalized spacial score (nSPS) is 19.6. The van der Waals surface area contributed by atoms with E-state index < -0.39 is 0 Å². The van der Waals surface area contributed by atoms with E-state index in [0.29, 0.717) is 6.04 Å². The summed E-state index contributed by atoms with van der Waals surface area (Å²) in [7, 11) is 0. The van der Waals surface area contributed by atoms with Gasteiger partial charge in [-0.25, -0.2) is 0 Å². The minimum absolute atomic E-state index is 0.214. The van der Waals surface area contributed by atoms with E-state index in [2.05, 4.69) is 54.0 Å². The van der Waals surface area contributed by atoms with Crippen molar-refractivity contribution < 1.29 is 4.74 Å². The Labute approximate surface area is 124 Å². The van der Waals surface area contributed by atoms with Gasteiger partial charge in [-0.05, 0) is 42.0 Å². The smallest absolute Gasteiger partial charge is 0.0846 e. The van der Waals surface area contributed by atoms with Crippen LogP contribution in [0.15, 0.2) is 41.8 Å². The second-order valence-electron chi connectivity index (χ2n) is 5.17. The lowest BCUT2D eigenvalue weighted by molar-refractivity contribution is 0.0297. The summed E-state index contributed by atoms with van der Waals surface area (Å²) in [6, 6.07) is 13.4. The van der Waals surface area contributed by atoms with E-state index in [-0.39, 0.29) is 6.10 Å². The minimum Gasteiger partial charge on any atom is -0.373 e. The predicted molar refractivity (Wildman–Crippen MR) is 84.2 cm³/mol. The first kappa shape index (κ1) is 13.8. The van der Waals surface area contributed by atoms with Gasteiger partial charge in [0.05, 0.1) is 12.7 Å². The Morgan fingerprint density at radius 3 is 3.00 bits per heavy atom. The van der Waals surface area contributed by atoms with Crippen molar-refractivity contribution in [2.24, 2.45) is 0 Å². The molecule has 0 spiro atoms. The SMILES string of the molecule is CCNC(CC1OCCc2ccccc21)c1cccs1. The molecule has 2 atom stereocenters. The van der Waals surface area contributed by atoms with Crippen LogP contribution in [-0.2, 0) is 11.2 Å². The van der Waals surface area contributed by atoms with Gasteiger partial charge in [-0.2, -0.15) is 0 Å². The fourth-order valence-electron chi connectivity index (χ4n) is 2.92. The van der Waals surface area contributed by atoms with E-state index >= 15 is 0 Å². The summed E-state index contributed by atoms with van der Waals surface area (Å²) in [5, 5.41) is 5.74. The maximum Gasteiger partial charge on any atom is 0.0846 e. The van der Waals surface area contributed by atoms with Crippen LogP contribution in [-0.4, -0.2) is 13.2 Å². The quantitative estimate of drug-likeness (QED) is 0.894. The molecule has 0 fully saturated rings. The van der Waals surface area contributed by atoms with Crippen LogP contribution in [0.25, 0.3) is 0 Å². The highest BCUT2D eigenvalue weighted by Crippen LogP contribution is 2.35. The lowest BCUT2D eigenvalue weighted by atomic mass is 9.93. The number of nitrogens with one attached hydrogen (secondary N) is 1. The Bertz CT molecular complexity index is 538. The van der Waals surface area contributed by atoms with Crippen molar-refractivity contribution in [1.29, 1.82) is 0 Å². The van der Waals surface area contributed by atoms with Gasteiger partial charge in [0.15, 0.2) is 0 Å². The summed E-state index contributed by atoms with van der Waals surface area (Å²) in [4.78, 5) is 1.40. The van der Waals surface area contributed by atoms with E-state index in [1.165, 1.54) is 16.0 Å². The fraction of sp³-hybridized carbons (Fsp3) is 0.412. The highest BCUT2D eigenvalue weighted by atomic mass is 32.1. The summed E-state index contributed by atoms with van der Waals surface area (Å²) in [5.41, 5.74) is 2.82. The van der Waals surface area contributed by atoms with Crippen LogP contribution in [0.3, 0.4) is 0 Å². The predicted octanol–water partition coefficient (Wildman–Crippen LogP) is 4.10. The average Bonchev–Trinajstić information content (AvgIpc) is 3.01. The lowest BCUT2D eigenvalue weighted by Crippen LogP contribution is -2.25. The molecule has 20 heavy (non-hydrogen) atoms. The molecule has 0 saturated carbocycles. The Kier molecular flexibility index (Phi) is 4.51. The monoisotopic (exact) mass is 287 g/mol. The second-order valence-corrected chi connectivity index (χ2v) is 6.15. The van der Waals surface area contributed by atoms with Gasteiger partial charge >= 0.3 is 0 Å². The Morgan fingerprint density at radius 1 is 1.30 bits per heavy atom. The molecule has 0 saturated heterocycles. The van der Waals surface area contributed by atoms with Gasteiger partial charge in [0, 0.05) is 10.9 Å². The standard InChI is InChI=1S/C17H21NOS/c1-2-18-15(17-8-5-11-20-17)12-16-14-7-4-3-6-13(14)9-10-19-16/h3-8,11,15-16,18H,2,9-10,12H2,1H3. The number of ether oxygens (including phenoxy) is 1. The third kappa shape index (κ3) is 2.95. The van der Waals surface area contributed by atoms with Crippen LogP contribution in [0, 0.1) is 0 Å². The highest BCUT2D eigenvalue weighted by Gasteiger charge is 2.24. The van der Waals surface area contributed by atoms with Crippen LogP contribution < -0.4 is 5.32 Å².